The smallest absolute Gasteiger partial charge is 0 e. The number of sulfonamides is 2. The number of alkyl halides is 12. The van der Waals surface area contributed by atoms with Gasteiger partial charge in [-0.05, 0) is 106 Å². The minimum absolute atomic E-state index is 0. The maximum absolute atomic E-state index is 12.5. The fourth-order valence-corrected chi connectivity index (χ4v) is 7.58. The van der Waals surface area contributed by atoms with E-state index in [-0.39, 0.29) is 181 Å². The van der Waals surface area contributed by atoms with Crippen LogP contribution >= 0.6 is 10.1 Å². The van der Waals surface area contributed by atoms with Crippen molar-refractivity contribution in [2.24, 2.45) is 0 Å². The molecule has 0 saturated carbocycles. The molecule has 4 N–H and O–H groups in total. The zero-order valence-electron chi connectivity index (χ0n) is 41.5. The zero-order valence-corrected chi connectivity index (χ0v) is 56.2. The molecule has 487 valence electrons. The predicted octanol–water partition coefficient (Wildman–Crippen LogP) is -0.722. The number of likely N-dealkylation sites (N-methyl/N-ethyl adjacent to an activating group) is 6. The minimum Gasteiger partial charge on any atom is 0 e. The van der Waals surface area contributed by atoms with Crippen molar-refractivity contribution in [3.8, 4) is 0 Å². The van der Waals surface area contributed by atoms with Crippen LogP contribution in [0.2, 0.25) is 0 Å². The zero-order chi connectivity index (χ0) is 53.0. The van der Waals surface area contributed by atoms with Crippen LogP contribution in [0.1, 0.15) is 0 Å². The first-order chi connectivity index (χ1) is 28.9. The topological polar surface area (TPSA) is 210 Å². The average molecular weight is 1630 g/mol. The van der Waals surface area contributed by atoms with E-state index >= 15 is 0 Å². The largest absolute Gasteiger partial charge is 1.00 e. The summed E-state index contributed by atoms with van der Waals surface area (Å²) >= 11 is 3.66. The molecule has 18 nitrogen and oxygen atoms in total. The van der Waals surface area contributed by atoms with Gasteiger partial charge < -0.3 is 52.4 Å². The summed E-state index contributed by atoms with van der Waals surface area (Å²) in [7, 11) is 7.13. The molecular weight excluding hydrogens is 1570 g/mol. The molecule has 0 bridgehead atoms. The van der Waals surface area contributed by atoms with Crippen molar-refractivity contribution >= 4 is 51.6 Å². The van der Waals surface area contributed by atoms with E-state index in [9.17, 15) is 86.4 Å². The number of rotatable bonds is 22. The van der Waals surface area contributed by atoms with E-state index in [1.165, 1.54) is 0 Å². The number of halogens is 13. The molecule has 0 aromatic rings. The molecule has 0 amide bonds. The number of hydrogen-bond donors (Lipinski definition) is 2. The third-order valence-corrected chi connectivity index (χ3v) is 12.9. The molecule has 1 fully saturated rings. The van der Waals surface area contributed by atoms with Gasteiger partial charge in [-0.25, -0.2) is 34.4 Å². The van der Waals surface area contributed by atoms with Gasteiger partial charge in [0.25, 0.3) is 20.0 Å². The van der Waals surface area contributed by atoms with Crippen LogP contribution in [-0.4, -0.2) is 252 Å². The van der Waals surface area contributed by atoms with Gasteiger partial charge in [0, 0.05) is 198 Å². The third-order valence-electron chi connectivity index (χ3n) is 7.96. The Balaban J connectivity index is -0.0000000579. The van der Waals surface area contributed by atoms with Crippen LogP contribution in [0.15, 0.2) is 0 Å². The van der Waals surface area contributed by atoms with Gasteiger partial charge in [-0.15, -0.1) is 0 Å². The molecule has 0 aromatic heterocycles. The van der Waals surface area contributed by atoms with E-state index in [4.69, 9.17) is 0 Å². The Morgan fingerprint density at radius 1 is 0.419 bits per heavy atom. The van der Waals surface area contributed by atoms with Crippen molar-refractivity contribution in [1.82, 2.24) is 49.5 Å². The van der Waals surface area contributed by atoms with Gasteiger partial charge in [0.2, 0.25) is 0 Å². The van der Waals surface area contributed by atoms with Crippen molar-refractivity contribution in [3.63, 3.8) is 0 Å². The third kappa shape index (κ3) is 38.6. The second-order valence-corrected chi connectivity index (χ2v) is 20.9. The van der Waals surface area contributed by atoms with Gasteiger partial charge in [0.1, 0.15) is 0 Å². The normalized spacial score (nSPS) is 15.6. The van der Waals surface area contributed by atoms with E-state index in [0.717, 1.165) is 78.5 Å². The first-order valence-electron chi connectivity index (χ1n) is 18.1. The van der Waals surface area contributed by atoms with Crippen molar-refractivity contribution in [1.29, 1.82) is 0 Å². The number of nitrogens with zero attached hydrogens (tertiary/aromatic N) is 8. The molecule has 1 saturated heterocycles. The molecule has 0 atom stereocenters. The Hall–Kier alpha value is 4.64. The SMILES string of the molecule is CN(C)CCN(CCN(C)C)CCN(C)C.CN(C)CCN(CCN(C)C)CCN(C)C.N.O=S1(=O)NS(=O)(=O)C(F)(F)C(F)(F)C1(F)F.O=[S-](=O)C(F)(F)C(F)(F)C(F)(F)[S-](=O)=O.[Cl][Cu].[Cu].[Cu].[Cu].[Cu].[Cu].[Cu].[Cu].[K+]. The van der Waals surface area contributed by atoms with Crippen LogP contribution in [0.5, 0.6) is 0 Å². The van der Waals surface area contributed by atoms with E-state index in [0.29, 0.717) is 0 Å². The maximum Gasteiger partial charge on any atom is 1.00 e. The minimum atomic E-state index is -6.57. The molecule has 0 spiro atoms. The Kier molecular flexibility index (Phi) is 74.1. The van der Waals surface area contributed by atoms with Crippen molar-refractivity contribution in [3.05, 3.63) is 0 Å². The molecule has 7 radical (unpaired) electrons. The summed E-state index contributed by atoms with van der Waals surface area (Å²) < 4.78 is 227. The Morgan fingerprint density at radius 2 is 0.568 bits per heavy atom. The summed E-state index contributed by atoms with van der Waals surface area (Å²) in [5.41, 5.74) is 0. The van der Waals surface area contributed by atoms with E-state index in [2.05, 4.69) is 149 Å². The van der Waals surface area contributed by atoms with E-state index in [1.807, 2.05) is 0 Å². The monoisotopic (exact) mass is 1630 g/mol. The fraction of sp³-hybridized carbons (Fsp3) is 1.00. The van der Waals surface area contributed by atoms with Crippen LogP contribution in [0.4, 0.5) is 52.7 Å². The van der Waals surface area contributed by atoms with Gasteiger partial charge in [-0.2, -0.15) is 35.1 Å². The summed E-state index contributed by atoms with van der Waals surface area (Å²) in [6.45, 7) is 13.8. The van der Waals surface area contributed by atoms with Crippen molar-refractivity contribution in [2.45, 2.75) is 32.9 Å². The average Bonchev–Trinajstić information content (AvgIpc) is 3.13. The quantitative estimate of drug-likeness (QED) is 0.0779. The Bertz CT molecular complexity index is 1590. The van der Waals surface area contributed by atoms with E-state index < -0.39 is 74.3 Å². The molecule has 0 unspecified atom stereocenters. The first kappa shape index (κ1) is 110. The van der Waals surface area contributed by atoms with Crippen molar-refractivity contribution in [2.75, 3.05) is 163 Å². The molecule has 0 aromatic carbocycles. The second-order valence-electron chi connectivity index (χ2n) is 15.3. The molecule has 1 aliphatic rings. The van der Waals surface area contributed by atoms with Gasteiger partial charge in [0.15, 0.2) is 0 Å². The molecule has 1 rings (SSSR count). The van der Waals surface area contributed by atoms with Gasteiger partial charge in [-0.3, -0.25) is 9.80 Å². The van der Waals surface area contributed by atoms with Crippen LogP contribution in [-0.2, 0) is 193 Å². The Labute approximate surface area is 561 Å². The maximum atomic E-state index is 12.5. The summed E-state index contributed by atoms with van der Waals surface area (Å²) in [5.74, 6) is -13.1. The van der Waals surface area contributed by atoms with Crippen LogP contribution in [0, 0.1) is 0 Å². The molecule has 44 heteroatoms. The molecular formula is C30H64ClCu8F12KN10O8S4-. The standard InChI is InChI=1S/2C12H30N4.C3HF6NO4S2.C3F6O4S2.ClH.8Cu.K.H3N/c2*1-13(2)7-10-16(11-8-14(3)4)12-9-15(5)6;4-1(5)2(6,7)15(11,12)10-16(13,14)3(1,8)9;4-1(5,2(6,7)14(10)11)3(8,9)15(12)13;;;;;;;;;;;/h2*7-12H2,1-6H3;10H;;1H;;;;;;;;;;1H3/q;;;-2;;;;;;;;;2*+1;/p-1. The summed E-state index contributed by atoms with van der Waals surface area (Å²) in [5, 5.41) is -24.9. The predicted molar refractivity (Wildman–Crippen MR) is 223 cm³/mol. The van der Waals surface area contributed by atoms with Gasteiger partial charge in [0.05, 0.1) is 0 Å². The molecule has 74 heavy (non-hydrogen) atoms. The number of hydrogen-bond acceptors (Lipinski definition) is 19. The summed E-state index contributed by atoms with van der Waals surface area (Å²) in [4.78, 5) is 18.6. The fourth-order valence-electron chi connectivity index (χ4n) is 3.85. The molecule has 1 aliphatic heterocycles. The first-order valence-corrected chi connectivity index (χ1v) is 24.5. The molecule has 0 aliphatic carbocycles. The number of nitrogens with one attached hydrogen (secondary N) is 1. The van der Waals surface area contributed by atoms with Crippen LogP contribution in [0.3, 0.4) is 0 Å². The van der Waals surface area contributed by atoms with Crippen LogP contribution in [0.25, 0.3) is 0 Å². The summed E-state index contributed by atoms with van der Waals surface area (Å²) in [6, 6.07) is 0. The van der Waals surface area contributed by atoms with Crippen molar-refractivity contribution < 1.29 is 272 Å². The second kappa shape index (κ2) is 49.9. The Morgan fingerprint density at radius 3 is 0.689 bits per heavy atom. The van der Waals surface area contributed by atoms with E-state index in [1.54, 1.807) is 0 Å². The van der Waals surface area contributed by atoms with Crippen LogP contribution < -0.4 is 61.7 Å². The summed E-state index contributed by atoms with van der Waals surface area (Å²) in [6.07, 6.45) is 0. The molecule has 1 heterocycles. The van der Waals surface area contributed by atoms with Gasteiger partial charge >= 0.3 is 109 Å². The van der Waals surface area contributed by atoms with Gasteiger partial charge in [-0.1, -0.05) is 4.13 Å².